The minimum absolute atomic E-state index is 0.0365. The van der Waals surface area contributed by atoms with Crippen molar-refractivity contribution < 1.29 is 19.1 Å². The van der Waals surface area contributed by atoms with E-state index in [9.17, 15) is 9.59 Å². The zero-order valence-corrected chi connectivity index (χ0v) is 15.8. The van der Waals surface area contributed by atoms with E-state index in [-0.39, 0.29) is 30.6 Å². The molecule has 7 heteroatoms. The smallest absolute Gasteiger partial charge is 0.254 e. The molecule has 1 fully saturated rings. The average molecular weight is 381 g/mol. The van der Waals surface area contributed by atoms with E-state index in [4.69, 9.17) is 9.47 Å². The van der Waals surface area contributed by atoms with E-state index in [0.29, 0.717) is 30.2 Å². The summed E-state index contributed by atoms with van der Waals surface area (Å²) in [4.78, 5) is 31.1. The molecule has 0 radical (unpaired) electrons. The van der Waals surface area contributed by atoms with Gasteiger partial charge in [0.05, 0.1) is 11.7 Å². The van der Waals surface area contributed by atoms with Crippen molar-refractivity contribution in [1.29, 1.82) is 0 Å². The van der Waals surface area contributed by atoms with Gasteiger partial charge in [-0.15, -0.1) is 0 Å². The molecule has 4 rings (SSSR count). The Hall–Kier alpha value is -3.09. The Morgan fingerprint density at radius 2 is 2.07 bits per heavy atom. The summed E-state index contributed by atoms with van der Waals surface area (Å²) in [5.41, 5.74) is 1.40. The fourth-order valence-electron chi connectivity index (χ4n) is 3.89. The predicted molar refractivity (Wildman–Crippen MR) is 102 cm³/mol. The van der Waals surface area contributed by atoms with Gasteiger partial charge in [-0.2, -0.15) is 0 Å². The number of pyridine rings is 1. The van der Waals surface area contributed by atoms with Crippen molar-refractivity contribution in [2.75, 3.05) is 19.9 Å². The van der Waals surface area contributed by atoms with Crippen LogP contribution < -0.4 is 14.8 Å². The van der Waals surface area contributed by atoms with E-state index in [0.717, 1.165) is 18.5 Å². The standard InChI is InChI=1S/C21H23N3O4/c1-14(25)23-20(17-6-2-3-9-22-17)16-5-4-10-24(12-16)21(26)15-7-8-18-19(11-15)28-13-27-18/h2-3,6-9,11,16,20H,4-5,10,12-13H2,1H3,(H,23,25)/t16-,20-/m0/s1. The van der Waals surface area contributed by atoms with Crippen LogP contribution in [0.15, 0.2) is 42.6 Å². The molecular weight excluding hydrogens is 358 g/mol. The van der Waals surface area contributed by atoms with E-state index >= 15 is 0 Å². The Morgan fingerprint density at radius 3 is 2.86 bits per heavy atom. The normalized spacial score (nSPS) is 19.2. The molecule has 0 bridgehead atoms. The molecule has 7 nitrogen and oxygen atoms in total. The molecule has 2 aliphatic heterocycles. The summed E-state index contributed by atoms with van der Waals surface area (Å²) in [6, 6.07) is 10.7. The molecule has 1 aromatic heterocycles. The van der Waals surface area contributed by atoms with E-state index in [1.807, 2.05) is 23.1 Å². The summed E-state index contributed by atoms with van der Waals surface area (Å²) in [5.74, 6) is 1.23. The van der Waals surface area contributed by atoms with E-state index in [2.05, 4.69) is 10.3 Å². The van der Waals surface area contributed by atoms with Crippen molar-refractivity contribution in [3.05, 3.63) is 53.9 Å². The van der Waals surface area contributed by atoms with Crippen molar-refractivity contribution >= 4 is 11.8 Å². The first-order valence-corrected chi connectivity index (χ1v) is 9.49. The zero-order valence-electron chi connectivity index (χ0n) is 15.8. The Balaban J connectivity index is 1.52. The number of aromatic nitrogens is 1. The van der Waals surface area contributed by atoms with Crippen molar-refractivity contribution in [3.63, 3.8) is 0 Å². The molecule has 2 amide bonds. The molecule has 1 N–H and O–H groups in total. The minimum atomic E-state index is -0.217. The van der Waals surface area contributed by atoms with Gasteiger partial charge in [0.25, 0.3) is 5.91 Å². The summed E-state index contributed by atoms with van der Waals surface area (Å²) >= 11 is 0. The molecule has 0 unspecified atom stereocenters. The molecule has 3 heterocycles. The molecule has 146 valence electrons. The topological polar surface area (TPSA) is 80.8 Å². The number of hydrogen-bond acceptors (Lipinski definition) is 5. The predicted octanol–water partition coefficient (Wildman–Crippen LogP) is 2.54. The van der Waals surface area contributed by atoms with Gasteiger partial charge in [-0.25, -0.2) is 0 Å². The van der Waals surface area contributed by atoms with Gasteiger partial charge in [0.2, 0.25) is 12.7 Å². The lowest BCUT2D eigenvalue weighted by molar-refractivity contribution is -0.120. The third kappa shape index (κ3) is 3.78. The molecule has 0 spiro atoms. The maximum atomic E-state index is 13.1. The number of nitrogens with one attached hydrogen (secondary N) is 1. The number of amides is 2. The van der Waals surface area contributed by atoms with E-state index < -0.39 is 0 Å². The van der Waals surface area contributed by atoms with Gasteiger partial charge in [0, 0.05) is 37.7 Å². The van der Waals surface area contributed by atoms with Gasteiger partial charge >= 0.3 is 0 Å². The van der Waals surface area contributed by atoms with Crippen LogP contribution in [0.25, 0.3) is 0 Å². The first-order valence-electron chi connectivity index (χ1n) is 9.49. The Kier molecular flexibility index (Phi) is 5.14. The van der Waals surface area contributed by atoms with Crippen LogP contribution in [0.2, 0.25) is 0 Å². The minimum Gasteiger partial charge on any atom is -0.454 e. The highest BCUT2D eigenvalue weighted by Crippen LogP contribution is 2.34. The lowest BCUT2D eigenvalue weighted by Crippen LogP contribution is -2.45. The fraction of sp³-hybridized carbons (Fsp3) is 0.381. The van der Waals surface area contributed by atoms with Gasteiger partial charge in [-0.3, -0.25) is 14.6 Å². The number of carbonyl (C=O) groups is 2. The second kappa shape index (κ2) is 7.88. The third-order valence-corrected chi connectivity index (χ3v) is 5.20. The number of benzene rings is 1. The van der Waals surface area contributed by atoms with Crippen molar-refractivity contribution in [2.24, 2.45) is 5.92 Å². The van der Waals surface area contributed by atoms with Crippen LogP contribution >= 0.6 is 0 Å². The Bertz CT molecular complexity index is 871. The number of nitrogens with zero attached hydrogens (tertiary/aromatic N) is 2. The summed E-state index contributed by atoms with van der Waals surface area (Å²) in [6.45, 7) is 2.95. The lowest BCUT2D eigenvalue weighted by Gasteiger charge is -2.37. The average Bonchev–Trinajstić information content (AvgIpc) is 3.20. The van der Waals surface area contributed by atoms with Gasteiger partial charge in [0.1, 0.15) is 0 Å². The van der Waals surface area contributed by atoms with E-state index in [1.165, 1.54) is 6.92 Å². The quantitative estimate of drug-likeness (QED) is 0.880. The van der Waals surface area contributed by atoms with Crippen molar-refractivity contribution in [3.8, 4) is 11.5 Å². The van der Waals surface area contributed by atoms with Crippen LogP contribution in [0.3, 0.4) is 0 Å². The fourth-order valence-corrected chi connectivity index (χ4v) is 3.89. The largest absolute Gasteiger partial charge is 0.454 e. The molecule has 0 aliphatic carbocycles. The van der Waals surface area contributed by atoms with E-state index in [1.54, 1.807) is 24.4 Å². The van der Waals surface area contributed by atoms with Crippen LogP contribution in [0.5, 0.6) is 11.5 Å². The number of likely N-dealkylation sites (tertiary alicyclic amines) is 1. The first kappa shape index (κ1) is 18.3. The zero-order chi connectivity index (χ0) is 19.5. The summed E-state index contributed by atoms with van der Waals surface area (Å²) in [7, 11) is 0. The molecule has 28 heavy (non-hydrogen) atoms. The van der Waals surface area contributed by atoms with Crippen LogP contribution in [-0.4, -0.2) is 41.6 Å². The second-order valence-electron chi connectivity index (χ2n) is 7.15. The molecule has 1 saturated heterocycles. The molecule has 2 atom stereocenters. The van der Waals surface area contributed by atoms with Crippen LogP contribution in [0, 0.1) is 5.92 Å². The number of hydrogen-bond donors (Lipinski definition) is 1. The van der Waals surface area contributed by atoms with Crippen LogP contribution in [-0.2, 0) is 4.79 Å². The van der Waals surface area contributed by atoms with Crippen LogP contribution in [0.4, 0.5) is 0 Å². The third-order valence-electron chi connectivity index (χ3n) is 5.20. The maximum absolute atomic E-state index is 13.1. The maximum Gasteiger partial charge on any atom is 0.254 e. The number of piperidine rings is 1. The van der Waals surface area contributed by atoms with Gasteiger partial charge in [-0.1, -0.05) is 6.07 Å². The monoisotopic (exact) mass is 381 g/mol. The summed E-state index contributed by atoms with van der Waals surface area (Å²) < 4.78 is 10.7. The molecule has 0 saturated carbocycles. The van der Waals surface area contributed by atoms with Crippen molar-refractivity contribution in [1.82, 2.24) is 15.2 Å². The second-order valence-corrected chi connectivity index (χ2v) is 7.15. The molecule has 2 aliphatic rings. The molecular formula is C21H23N3O4. The van der Waals surface area contributed by atoms with Gasteiger partial charge < -0.3 is 19.7 Å². The number of rotatable bonds is 4. The number of fused-ring (bicyclic) bond motifs is 1. The van der Waals surface area contributed by atoms with Gasteiger partial charge in [0.15, 0.2) is 11.5 Å². The Morgan fingerprint density at radius 1 is 1.21 bits per heavy atom. The lowest BCUT2D eigenvalue weighted by atomic mass is 9.88. The van der Waals surface area contributed by atoms with Gasteiger partial charge in [-0.05, 0) is 43.2 Å². The molecule has 1 aromatic carbocycles. The first-order chi connectivity index (χ1) is 13.6. The van der Waals surface area contributed by atoms with Crippen LogP contribution in [0.1, 0.15) is 41.9 Å². The highest BCUT2D eigenvalue weighted by Gasteiger charge is 2.32. The SMILES string of the molecule is CC(=O)N[C@H](c1ccccn1)[C@H]1CCCN(C(=O)c2ccc3c(c2)OCO3)C1. The molecule has 2 aromatic rings. The highest BCUT2D eigenvalue weighted by atomic mass is 16.7. The van der Waals surface area contributed by atoms with Crippen molar-refractivity contribution in [2.45, 2.75) is 25.8 Å². The number of carbonyl (C=O) groups excluding carboxylic acids is 2. The Labute approximate surface area is 163 Å². The number of ether oxygens (including phenoxy) is 2. The summed E-state index contributed by atoms with van der Waals surface area (Å²) in [6.07, 6.45) is 3.53. The summed E-state index contributed by atoms with van der Waals surface area (Å²) in [5, 5.41) is 3.02. The highest BCUT2D eigenvalue weighted by molar-refractivity contribution is 5.95.